The molecule has 6 heteroatoms. The van der Waals surface area contributed by atoms with Gasteiger partial charge in [-0.3, -0.25) is 0 Å². The third kappa shape index (κ3) is 4.59. The van der Waals surface area contributed by atoms with Crippen molar-refractivity contribution in [3.8, 4) is 11.1 Å². The van der Waals surface area contributed by atoms with E-state index in [1.807, 2.05) is 12.1 Å². The van der Waals surface area contributed by atoms with Gasteiger partial charge in [0.2, 0.25) is 0 Å². The van der Waals surface area contributed by atoms with E-state index >= 15 is 0 Å². The van der Waals surface area contributed by atoms with Crippen molar-refractivity contribution in [2.24, 2.45) is 0 Å². The summed E-state index contributed by atoms with van der Waals surface area (Å²) >= 11 is 2.39. The summed E-state index contributed by atoms with van der Waals surface area (Å²) in [5, 5.41) is 6.37. The Morgan fingerprint density at radius 2 is 1.70 bits per heavy atom. The van der Waals surface area contributed by atoms with Crippen LogP contribution in [0.5, 0.6) is 0 Å². The topological polar surface area (TPSA) is 53.6 Å². The molecule has 0 bridgehead atoms. The molecule has 0 unspecified atom stereocenters. The number of amides is 1. The number of hydrogen-bond acceptors (Lipinski definition) is 4. The number of rotatable bonds is 5. The molecule has 0 spiro atoms. The number of nitrogens with zero attached hydrogens (tertiary/aromatic N) is 1. The van der Waals surface area contributed by atoms with Crippen LogP contribution in [0.4, 0.5) is 10.5 Å². The van der Waals surface area contributed by atoms with Crippen LogP contribution in [-0.4, -0.2) is 38.9 Å². The Labute approximate surface area is 208 Å². The maximum absolute atomic E-state index is 12.6. The average Bonchev–Trinajstić information content (AvgIpc) is 3.18. The number of fused-ring (bicyclic) bond motifs is 3. The van der Waals surface area contributed by atoms with Gasteiger partial charge in [-0.15, -0.1) is 0 Å². The van der Waals surface area contributed by atoms with E-state index in [1.165, 1.54) is 37.1 Å². The van der Waals surface area contributed by atoms with E-state index in [0.29, 0.717) is 13.2 Å². The summed E-state index contributed by atoms with van der Waals surface area (Å²) in [5.41, 5.74) is 8.46. The Kier molecular flexibility index (Phi) is 6.55. The van der Waals surface area contributed by atoms with Crippen LogP contribution in [0.25, 0.3) is 11.1 Å². The molecule has 33 heavy (non-hydrogen) atoms. The summed E-state index contributed by atoms with van der Waals surface area (Å²) in [7, 11) is 0. The number of anilines is 1. The first-order valence-electron chi connectivity index (χ1n) is 11.5. The fraction of sp³-hybridized carbons (Fsp3) is 0.296. The zero-order valence-corrected chi connectivity index (χ0v) is 20.9. The molecule has 3 aromatic carbocycles. The van der Waals surface area contributed by atoms with E-state index in [9.17, 15) is 4.79 Å². The normalized spacial score (nSPS) is 15.2. The minimum Gasteiger partial charge on any atom is -0.449 e. The van der Waals surface area contributed by atoms with Crippen LogP contribution in [0.3, 0.4) is 0 Å². The number of ether oxygens (including phenoxy) is 1. The first-order valence-corrected chi connectivity index (χ1v) is 12.5. The highest BCUT2D eigenvalue weighted by molar-refractivity contribution is 14.1. The predicted octanol–water partition coefficient (Wildman–Crippen LogP) is 5.05. The summed E-state index contributed by atoms with van der Waals surface area (Å²) in [6, 6.07) is 21.2. The summed E-state index contributed by atoms with van der Waals surface area (Å²) in [6.45, 7) is 6.89. The number of alkyl carbamates (subject to hydrolysis) is 1. The second-order valence-electron chi connectivity index (χ2n) is 8.63. The number of nitrogens with one attached hydrogen (secondary N) is 2. The molecule has 5 rings (SSSR count). The van der Waals surface area contributed by atoms with Crippen LogP contribution in [0.15, 0.2) is 60.7 Å². The first kappa shape index (κ1) is 22.2. The molecule has 1 fully saturated rings. The van der Waals surface area contributed by atoms with Crippen molar-refractivity contribution in [2.75, 3.05) is 37.7 Å². The lowest BCUT2D eigenvalue weighted by Crippen LogP contribution is -2.43. The van der Waals surface area contributed by atoms with Crippen molar-refractivity contribution in [1.29, 1.82) is 0 Å². The third-order valence-corrected chi connectivity index (χ3v) is 7.81. The zero-order chi connectivity index (χ0) is 22.8. The van der Waals surface area contributed by atoms with Gasteiger partial charge in [0.15, 0.2) is 0 Å². The highest BCUT2D eigenvalue weighted by atomic mass is 127. The predicted molar refractivity (Wildman–Crippen MR) is 141 cm³/mol. The molecule has 1 heterocycles. The van der Waals surface area contributed by atoms with Crippen LogP contribution in [0.2, 0.25) is 0 Å². The summed E-state index contributed by atoms with van der Waals surface area (Å²) in [5.74, 6) is 0.0712. The number of piperazine rings is 1. The van der Waals surface area contributed by atoms with E-state index in [-0.39, 0.29) is 12.0 Å². The van der Waals surface area contributed by atoms with Crippen molar-refractivity contribution in [3.63, 3.8) is 0 Å². The van der Waals surface area contributed by atoms with E-state index in [4.69, 9.17) is 4.74 Å². The van der Waals surface area contributed by atoms with Gasteiger partial charge < -0.3 is 20.3 Å². The second kappa shape index (κ2) is 9.73. The van der Waals surface area contributed by atoms with Gasteiger partial charge in [-0.05, 0) is 75.0 Å². The van der Waals surface area contributed by atoms with Crippen LogP contribution in [-0.2, 0) is 11.3 Å². The minimum atomic E-state index is -0.376. The van der Waals surface area contributed by atoms with Gasteiger partial charge in [0.1, 0.15) is 6.61 Å². The molecule has 2 aliphatic rings. The number of benzene rings is 3. The van der Waals surface area contributed by atoms with Crippen LogP contribution in [0, 0.1) is 10.5 Å². The molecule has 5 nitrogen and oxygen atoms in total. The molecule has 1 aliphatic heterocycles. The fourth-order valence-electron chi connectivity index (χ4n) is 4.83. The van der Waals surface area contributed by atoms with Gasteiger partial charge in [0.05, 0.1) is 0 Å². The first-order chi connectivity index (χ1) is 16.1. The van der Waals surface area contributed by atoms with Gasteiger partial charge >= 0.3 is 6.09 Å². The molecular weight excluding hydrogens is 525 g/mol. The molecule has 1 amide bonds. The standard InChI is InChI=1S/C27H28IN3O2/c1-18-19(14-20(15-26(18)28)31-12-10-29-11-13-31)16-30-27(32)33-17-25-23-8-4-2-6-21(23)22-7-3-5-9-24(22)25/h2-9,14-15,25,29H,10-13,16-17H2,1H3,(H,30,32). The van der Waals surface area contributed by atoms with Crippen molar-refractivity contribution in [3.05, 3.63) is 86.5 Å². The van der Waals surface area contributed by atoms with Gasteiger partial charge in [-0.1, -0.05) is 48.5 Å². The van der Waals surface area contributed by atoms with Crippen molar-refractivity contribution in [1.82, 2.24) is 10.6 Å². The SMILES string of the molecule is Cc1c(I)cc(N2CCNCC2)cc1CNC(=O)OCC1c2ccccc2-c2ccccc21. The number of halogens is 1. The smallest absolute Gasteiger partial charge is 0.407 e. The monoisotopic (exact) mass is 553 g/mol. The molecule has 0 aromatic heterocycles. The Morgan fingerprint density at radius 1 is 1.06 bits per heavy atom. The van der Waals surface area contributed by atoms with Gasteiger partial charge in [-0.2, -0.15) is 0 Å². The largest absolute Gasteiger partial charge is 0.449 e. The Hall–Kier alpha value is -2.58. The van der Waals surface area contributed by atoms with E-state index in [1.54, 1.807) is 0 Å². The maximum atomic E-state index is 12.6. The lowest BCUT2D eigenvalue weighted by Gasteiger charge is -2.30. The van der Waals surface area contributed by atoms with E-state index in [2.05, 4.69) is 93.6 Å². The van der Waals surface area contributed by atoms with Gasteiger partial charge in [-0.25, -0.2) is 4.79 Å². The van der Waals surface area contributed by atoms with Crippen molar-refractivity contribution in [2.45, 2.75) is 19.4 Å². The molecule has 0 radical (unpaired) electrons. The molecule has 0 saturated carbocycles. The summed E-state index contributed by atoms with van der Waals surface area (Å²) in [4.78, 5) is 15.0. The lowest BCUT2D eigenvalue weighted by molar-refractivity contribution is 0.142. The third-order valence-electron chi connectivity index (χ3n) is 6.69. The summed E-state index contributed by atoms with van der Waals surface area (Å²) in [6.07, 6.45) is -0.376. The molecular formula is C27H28IN3O2. The van der Waals surface area contributed by atoms with Crippen molar-refractivity contribution < 1.29 is 9.53 Å². The lowest BCUT2D eigenvalue weighted by atomic mass is 9.98. The molecule has 0 atom stereocenters. The number of carbonyl (C=O) groups is 1. The Balaban J connectivity index is 1.24. The molecule has 1 saturated heterocycles. The summed E-state index contributed by atoms with van der Waals surface area (Å²) < 4.78 is 6.92. The van der Waals surface area contributed by atoms with Crippen LogP contribution < -0.4 is 15.5 Å². The van der Waals surface area contributed by atoms with Gasteiger partial charge in [0, 0.05) is 47.9 Å². The highest BCUT2D eigenvalue weighted by Crippen LogP contribution is 2.44. The zero-order valence-electron chi connectivity index (χ0n) is 18.7. The Bertz CT molecular complexity index is 1130. The minimum absolute atomic E-state index is 0.0712. The quantitative estimate of drug-likeness (QED) is 0.435. The van der Waals surface area contributed by atoms with Crippen LogP contribution in [0.1, 0.15) is 28.2 Å². The molecule has 2 N–H and O–H groups in total. The Morgan fingerprint density at radius 3 is 2.36 bits per heavy atom. The number of carbonyl (C=O) groups excluding carboxylic acids is 1. The average molecular weight is 553 g/mol. The number of hydrogen-bond donors (Lipinski definition) is 2. The molecule has 170 valence electrons. The highest BCUT2D eigenvalue weighted by Gasteiger charge is 2.29. The molecule has 1 aliphatic carbocycles. The van der Waals surface area contributed by atoms with Crippen molar-refractivity contribution >= 4 is 34.4 Å². The van der Waals surface area contributed by atoms with Gasteiger partial charge in [0.25, 0.3) is 0 Å². The van der Waals surface area contributed by atoms with Crippen LogP contribution >= 0.6 is 22.6 Å². The van der Waals surface area contributed by atoms with E-state index < -0.39 is 0 Å². The fourth-order valence-corrected chi connectivity index (χ4v) is 5.49. The second-order valence-corrected chi connectivity index (χ2v) is 9.79. The van der Waals surface area contributed by atoms with E-state index in [0.717, 1.165) is 31.7 Å². The molecule has 3 aromatic rings. The maximum Gasteiger partial charge on any atom is 0.407 e.